The Morgan fingerprint density at radius 3 is 2.60 bits per heavy atom. The van der Waals surface area contributed by atoms with Crippen molar-refractivity contribution in [2.45, 2.75) is 25.3 Å². The Bertz CT molecular complexity index is 516. The number of ether oxygens (including phenoxy) is 1. The lowest BCUT2D eigenvalue weighted by Gasteiger charge is -2.17. The van der Waals surface area contributed by atoms with Gasteiger partial charge >= 0.3 is 0 Å². The third-order valence-electron chi connectivity index (χ3n) is 3.36. The Hall–Kier alpha value is -1.94. The summed E-state index contributed by atoms with van der Waals surface area (Å²) in [6.45, 7) is 0. The second-order valence-corrected chi connectivity index (χ2v) is 4.67. The molecule has 0 bridgehead atoms. The highest BCUT2D eigenvalue weighted by molar-refractivity contribution is 5.21. The van der Waals surface area contributed by atoms with E-state index in [1.165, 1.54) is 5.56 Å². The van der Waals surface area contributed by atoms with Crippen LogP contribution in [0.3, 0.4) is 0 Å². The molecule has 20 heavy (non-hydrogen) atoms. The van der Waals surface area contributed by atoms with Gasteiger partial charge in [-0.15, -0.1) is 0 Å². The van der Waals surface area contributed by atoms with Crippen molar-refractivity contribution in [2.75, 3.05) is 14.2 Å². The smallest absolute Gasteiger partial charge is 0.236 e. The van der Waals surface area contributed by atoms with Crippen LogP contribution in [0.15, 0.2) is 42.7 Å². The number of aromatic nitrogens is 2. The molecule has 0 aliphatic heterocycles. The second kappa shape index (κ2) is 7.60. The van der Waals surface area contributed by atoms with Gasteiger partial charge in [0.15, 0.2) is 0 Å². The first-order valence-electron chi connectivity index (χ1n) is 6.91. The topological polar surface area (TPSA) is 47.0 Å². The molecule has 1 unspecified atom stereocenters. The van der Waals surface area contributed by atoms with Crippen molar-refractivity contribution >= 4 is 0 Å². The molecule has 106 valence electrons. The molecule has 2 rings (SSSR count). The van der Waals surface area contributed by atoms with E-state index in [1.807, 2.05) is 13.1 Å². The molecule has 1 heterocycles. The van der Waals surface area contributed by atoms with Crippen LogP contribution in [0.1, 0.15) is 30.1 Å². The summed E-state index contributed by atoms with van der Waals surface area (Å²) >= 11 is 0. The second-order valence-electron chi connectivity index (χ2n) is 4.67. The van der Waals surface area contributed by atoms with E-state index in [4.69, 9.17) is 4.74 Å². The van der Waals surface area contributed by atoms with Crippen molar-refractivity contribution in [3.8, 4) is 5.88 Å². The van der Waals surface area contributed by atoms with Crippen LogP contribution in [-0.2, 0) is 6.42 Å². The predicted octanol–water partition coefficient (Wildman–Crippen LogP) is 2.77. The first-order valence-corrected chi connectivity index (χ1v) is 6.91. The minimum Gasteiger partial charge on any atom is -0.480 e. The van der Waals surface area contributed by atoms with Crippen molar-refractivity contribution in [1.29, 1.82) is 0 Å². The summed E-state index contributed by atoms with van der Waals surface area (Å²) in [5.41, 5.74) is 2.25. The van der Waals surface area contributed by atoms with Gasteiger partial charge in [-0.3, -0.25) is 4.98 Å². The van der Waals surface area contributed by atoms with Gasteiger partial charge in [0.1, 0.15) is 5.69 Å². The van der Waals surface area contributed by atoms with Gasteiger partial charge in [-0.05, 0) is 31.9 Å². The lowest BCUT2D eigenvalue weighted by molar-refractivity contribution is 0.375. The molecule has 0 fully saturated rings. The van der Waals surface area contributed by atoms with Crippen molar-refractivity contribution in [3.63, 3.8) is 0 Å². The Morgan fingerprint density at radius 2 is 1.90 bits per heavy atom. The summed E-state index contributed by atoms with van der Waals surface area (Å²) in [7, 11) is 3.57. The van der Waals surface area contributed by atoms with Crippen LogP contribution >= 0.6 is 0 Å². The quantitative estimate of drug-likeness (QED) is 0.841. The van der Waals surface area contributed by atoms with Crippen molar-refractivity contribution in [1.82, 2.24) is 15.3 Å². The normalized spacial score (nSPS) is 12.1. The van der Waals surface area contributed by atoms with Gasteiger partial charge in [-0.1, -0.05) is 30.3 Å². The molecule has 0 saturated heterocycles. The molecule has 1 aromatic carbocycles. The average molecular weight is 271 g/mol. The van der Waals surface area contributed by atoms with Crippen LogP contribution in [0.4, 0.5) is 0 Å². The molecule has 2 aromatic rings. The number of aryl methyl sites for hydroxylation is 1. The van der Waals surface area contributed by atoms with E-state index in [0.717, 1.165) is 25.0 Å². The van der Waals surface area contributed by atoms with Gasteiger partial charge < -0.3 is 10.1 Å². The fourth-order valence-electron chi connectivity index (χ4n) is 2.31. The molecule has 0 aliphatic carbocycles. The van der Waals surface area contributed by atoms with Gasteiger partial charge in [-0.25, -0.2) is 4.98 Å². The third kappa shape index (κ3) is 3.78. The van der Waals surface area contributed by atoms with E-state index >= 15 is 0 Å². The molecule has 4 nitrogen and oxygen atoms in total. The lowest BCUT2D eigenvalue weighted by atomic mass is 10.0. The molecule has 1 aromatic heterocycles. The Morgan fingerprint density at radius 1 is 1.15 bits per heavy atom. The van der Waals surface area contributed by atoms with Crippen LogP contribution in [0.2, 0.25) is 0 Å². The highest BCUT2D eigenvalue weighted by Gasteiger charge is 2.16. The van der Waals surface area contributed by atoms with Crippen LogP contribution in [0, 0.1) is 0 Å². The summed E-state index contributed by atoms with van der Waals surface area (Å²) < 4.78 is 5.28. The largest absolute Gasteiger partial charge is 0.480 e. The van der Waals surface area contributed by atoms with E-state index in [9.17, 15) is 0 Å². The molecule has 1 atom stereocenters. The fraction of sp³-hybridized carbons (Fsp3) is 0.375. The number of rotatable bonds is 7. The van der Waals surface area contributed by atoms with Gasteiger partial charge in [0.05, 0.1) is 13.2 Å². The number of methoxy groups -OCH3 is 1. The van der Waals surface area contributed by atoms with Gasteiger partial charge in [0.25, 0.3) is 0 Å². The van der Waals surface area contributed by atoms with Crippen LogP contribution in [0.25, 0.3) is 0 Å². The molecule has 0 amide bonds. The number of hydrogen-bond acceptors (Lipinski definition) is 4. The summed E-state index contributed by atoms with van der Waals surface area (Å²) in [4.78, 5) is 8.60. The Labute approximate surface area is 120 Å². The van der Waals surface area contributed by atoms with E-state index in [1.54, 1.807) is 19.5 Å². The molecule has 0 saturated carbocycles. The number of nitrogens with one attached hydrogen (secondary N) is 1. The number of hydrogen-bond donors (Lipinski definition) is 1. The standard InChI is InChI=1S/C16H21N3O/c1-17-14(15-16(20-2)19-12-11-18-15)10-6-9-13-7-4-3-5-8-13/h3-5,7-8,11-12,14,17H,6,9-10H2,1-2H3. The predicted molar refractivity (Wildman–Crippen MR) is 79.8 cm³/mol. The van der Waals surface area contributed by atoms with E-state index in [-0.39, 0.29) is 6.04 Å². The molecular weight excluding hydrogens is 250 g/mol. The summed E-state index contributed by atoms with van der Waals surface area (Å²) in [5, 5.41) is 3.30. The lowest BCUT2D eigenvalue weighted by Crippen LogP contribution is -2.19. The Kier molecular flexibility index (Phi) is 5.50. The first kappa shape index (κ1) is 14.5. The van der Waals surface area contributed by atoms with Crippen molar-refractivity contribution < 1.29 is 4.74 Å². The first-order chi connectivity index (χ1) is 9.85. The zero-order chi connectivity index (χ0) is 14.2. The SMILES string of the molecule is CNC(CCCc1ccccc1)c1nccnc1OC. The van der Waals surface area contributed by atoms with Crippen LogP contribution < -0.4 is 10.1 Å². The summed E-state index contributed by atoms with van der Waals surface area (Å²) in [6, 6.07) is 10.7. The maximum absolute atomic E-state index is 5.28. The maximum atomic E-state index is 5.28. The summed E-state index contributed by atoms with van der Waals surface area (Å²) in [6.07, 6.45) is 6.52. The van der Waals surface area contributed by atoms with Gasteiger partial charge in [0, 0.05) is 12.4 Å². The van der Waals surface area contributed by atoms with Gasteiger partial charge in [0.2, 0.25) is 5.88 Å². The van der Waals surface area contributed by atoms with Crippen molar-refractivity contribution in [2.24, 2.45) is 0 Å². The monoisotopic (exact) mass is 271 g/mol. The molecule has 1 N–H and O–H groups in total. The summed E-state index contributed by atoms with van der Waals surface area (Å²) in [5.74, 6) is 0.603. The molecule has 4 heteroatoms. The zero-order valence-corrected chi connectivity index (χ0v) is 12.0. The minimum absolute atomic E-state index is 0.169. The fourth-order valence-corrected chi connectivity index (χ4v) is 2.31. The van der Waals surface area contributed by atoms with Crippen LogP contribution in [-0.4, -0.2) is 24.1 Å². The average Bonchev–Trinajstić information content (AvgIpc) is 2.53. The highest BCUT2D eigenvalue weighted by Crippen LogP contribution is 2.23. The third-order valence-corrected chi connectivity index (χ3v) is 3.36. The van der Waals surface area contributed by atoms with Crippen molar-refractivity contribution in [3.05, 3.63) is 54.0 Å². The molecule has 0 radical (unpaired) electrons. The molecule has 0 spiro atoms. The van der Waals surface area contributed by atoms with Crippen LogP contribution in [0.5, 0.6) is 5.88 Å². The maximum Gasteiger partial charge on any atom is 0.236 e. The number of benzene rings is 1. The van der Waals surface area contributed by atoms with E-state index in [2.05, 4.69) is 39.6 Å². The molecule has 0 aliphatic rings. The Balaban J connectivity index is 1.95. The highest BCUT2D eigenvalue weighted by atomic mass is 16.5. The van der Waals surface area contributed by atoms with E-state index < -0.39 is 0 Å². The molecular formula is C16H21N3O. The minimum atomic E-state index is 0.169. The van der Waals surface area contributed by atoms with E-state index in [0.29, 0.717) is 5.88 Å². The zero-order valence-electron chi connectivity index (χ0n) is 12.0. The number of nitrogens with zero attached hydrogens (tertiary/aromatic N) is 2. The van der Waals surface area contributed by atoms with Gasteiger partial charge in [-0.2, -0.15) is 0 Å².